The van der Waals surface area contributed by atoms with E-state index < -0.39 is 17.5 Å². The standard InChI is InChI=1S/C14H11F2NO2/c15-11-6-3-4-9(13(11)16)8-19-12-7-2-1-5-10(12)14(17)18/h1-7H,8H2,(H2,17,18). The Bertz CT molecular complexity index is 614. The van der Waals surface area contributed by atoms with Gasteiger partial charge in [-0.25, -0.2) is 8.78 Å². The summed E-state index contributed by atoms with van der Waals surface area (Å²) >= 11 is 0. The van der Waals surface area contributed by atoms with Gasteiger partial charge in [0, 0.05) is 5.56 Å². The number of benzene rings is 2. The van der Waals surface area contributed by atoms with Crippen LogP contribution in [-0.4, -0.2) is 5.91 Å². The number of nitrogens with two attached hydrogens (primary N) is 1. The van der Waals surface area contributed by atoms with Crippen molar-refractivity contribution in [2.24, 2.45) is 5.73 Å². The highest BCUT2D eigenvalue weighted by Crippen LogP contribution is 2.20. The predicted octanol–water partition coefficient (Wildman–Crippen LogP) is 2.64. The average Bonchev–Trinajstić information content (AvgIpc) is 2.40. The third-order valence-corrected chi connectivity index (χ3v) is 2.57. The van der Waals surface area contributed by atoms with E-state index in [-0.39, 0.29) is 23.5 Å². The summed E-state index contributed by atoms with van der Waals surface area (Å²) in [6.45, 7) is -0.187. The molecule has 0 aliphatic rings. The Balaban J connectivity index is 2.19. The van der Waals surface area contributed by atoms with Crippen LogP contribution < -0.4 is 10.5 Å². The van der Waals surface area contributed by atoms with E-state index in [1.54, 1.807) is 12.1 Å². The molecule has 2 aromatic carbocycles. The van der Waals surface area contributed by atoms with Gasteiger partial charge in [-0.1, -0.05) is 24.3 Å². The van der Waals surface area contributed by atoms with Gasteiger partial charge >= 0.3 is 0 Å². The zero-order valence-corrected chi connectivity index (χ0v) is 9.90. The molecule has 2 aromatic rings. The Labute approximate surface area is 108 Å². The smallest absolute Gasteiger partial charge is 0.252 e. The van der Waals surface area contributed by atoms with Crippen molar-refractivity contribution >= 4 is 5.91 Å². The molecule has 0 heterocycles. The van der Waals surface area contributed by atoms with Crippen LogP contribution in [-0.2, 0) is 6.61 Å². The molecule has 0 saturated heterocycles. The Morgan fingerprint density at radius 3 is 2.58 bits per heavy atom. The fraction of sp³-hybridized carbons (Fsp3) is 0.0714. The summed E-state index contributed by atoms with van der Waals surface area (Å²) in [6, 6.07) is 10.1. The SMILES string of the molecule is NC(=O)c1ccccc1OCc1cccc(F)c1F. The van der Waals surface area contributed by atoms with Gasteiger partial charge < -0.3 is 10.5 Å². The second kappa shape index (κ2) is 5.48. The summed E-state index contributed by atoms with van der Waals surface area (Å²) in [7, 11) is 0. The third-order valence-electron chi connectivity index (χ3n) is 2.57. The van der Waals surface area contributed by atoms with Crippen LogP contribution in [0.15, 0.2) is 42.5 Å². The first-order chi connectivity index (χ1) is 9.09. The van der Waals surface area contributed by atoms with Gasteiger partial charge in [-0.05, 0) is 18.2 Å². The molecule has 0 aliphatic carbocycles. The van der Waals surface area contributed by atoms with Crippen molar-refractivity contribution in [1.29, 1.82) is 0 Å². The van der Waals surface area contributed by atoms with E-state index in [1.807, 2.05) is 0 Å². The average molecular weight is 263 g/mol. The number of hydrogen-bond acceptors (Lipinski definition) is 2. The molecule has 0 aliphatic heterocycles. The van der Waals surface area contributed by atoms with Gasteiger partial charge in [0.25, 0.3) is 5.91 Å². The molecule has 1 amide bonds. The molecule has 0 atom stereocenters. The van der Waals surface area contributed by atoms with Crippen molar-refractivity contribution in [2.45, 2.75) is 6.61 Å². The van der Waals surface area contributed by atoms with Crippen LogP contribution in [0.2, 0.25) is 0 Å². The summed E-state index contributed by atoms with van der Waals surface area (Å²) in [6.07, 6.45) is 0. The van der Waals surface area contributed by atoms with Gasteiger partial charge in [-0.3, -0.25) is 4.79 Å². The minimum atomic E-state index is -0.959. The lowest BCUT2D eigenvalue weighted by atomic mass is 10.2. The van der Waals surface area contributed by atoms with Gasteiger partial charge in [0.1, 0.15) is 12.4 Å². The molecule has 0 radical (unpaired) electrons. The van der Waals surface area contributed by atoms with Crippen molar-refractivity contribution in [3.05, 3.63) is 65.2 Å². The van der Waals surface area contributed by atoms with Crippen LogP contribution >= 0.6 is 0 Å². The summed E-state index contributed by atoms with van der Waals surface area (Å²) in [5, 5.41) is 0. The largest absolute Gasteiger partial charge is 0.488 e. The van der Waals surface area contributed by atoms with E-state index in [2.05, 4.69) is 0 Å². The van der Waals surface area contributed by atoms with Crippen LogP contribution in [0.5, 0.6) is 5.75 Å². The van der Waals surface area contributed by atoms with E-state index in [4.69, 9.17) is 10.5 Å². The van der Waals surface area contributed by atoms with E-state index in [0.717, 1.165) is 6.07 Å². The maximum absolute atomic E-state index is 13.4. The molecule has 98 valence electrons. The maximum Gasteiger partial charge on any atom is 0.252 e. The predicted molar refractivity (Wildman–Crippen MR) is 65.6 cm³/mol. The lowest BCUT2D eigenvalue weighted by Gasteiger charge is -2.10. The van der Waals surface area contributed by atoms with Gasteiger partial charge in [0.15, 0.2) is 11.6 Å². The first-order valence-electron chi connectivity index (χ1n) is 5.54. The van der Waals surface area contributed by atoms with Crippen LogP contribution in [0.25, 0.3) is 0 Å². The van der Waals surface area contributed by atoms with E-state index in [9.17, 15) is 13.6 Å². The molecule has 0 spiro atoms. The zero-order valence-electron chi connectivity index (χ0n) is 9.90. The molecular weight excluding hydrogens is 252 g/mol. The molecule has 0 fully saturated rings. The first kappa shape index (κ1) is 13.0. The van der Waals surface area contributed by atoms with Crippen molar-refractivity contribution in [3.63, 3.8) is 0 Å². The fourth-order valence-corrected chi connectivity index (χ4v) is 1.61. The maximum atomic E-state index is 13.4. The Hall–Kier alpha value is -2.43. The van der Waals surface area contributed by atoms with Crippen molar-refractivity contribution in [2.75, 3.05) is 0 Å². The van der Waals surface area contributed by atoms with Crippen molar-refractivity contribution in [3.8, 4) is 5.75 Å². The normalized spacial score (nSPS) is 10.2. The number of primary amides is 1. The number of hydrogen-bond donors (Lipinski definition) is 1. The van der Waals surface area contributed by atoms with E-state index in [1.165, 1.54) is 24.3 Å². The number of rotatable bonds is 4. The monoisotopic (exact) mass is 263 g/mol. The second-order valence-electron chi connectivity index (χ2n) is 3.86. The number of ether oxygens (including phenoxy) is 1. The number of halogens is 2. The first-order valence-corrected chi connectivity index (χ1v) is 5.54. The van der Waals surface area contributed by atoms with Crippen molar-refractivity contribution < 1.29 is 18.3 Å². The zero-order chi connectivity index (χ0) is 13.8. The topological polar surface area (TPSA) is 52.3 Å². The Morgan fingerprint density at radius 1 is 1.11 bits per heavy atom. The molecule has 3 nitrogen and oxygen atoms in total. The number of carbonyl (C=O) groups excluding carboxylic acids is 1. The van der Waals surface area contributed by atoms with Crippen LogP contribution in [0, 0.1) is 11.6 Å². The highest BCUT2D eigenvalue weighted by molar-refractivity contribution is 5.95. The number of amides is 1. The van der Waals surface area contributed by atoms with Crippen LogP contribution in [0.4, 0.5) is 8.78 Å². The van der Waals surface area contributed by atoms with Gasteiger partial charge in [0.2, 0.25) is 0 Å². The third kappa shape index (κ3) is 2.88. The lowest BCUT2D eigenvalue weighted by molar-refractivity contribution is 0.0996. The summed E-state index contributed by atoms with van der Waals surface area (Å²) in [4.78, 5) is 11.2. The lowest BCUT2D eigenvalue weighted by Crippen LogP contribution is -2.13. The fourth-order valence-electron chi connectivity index (χ4n) is 1.61. The molecule has 5 heteroatoms. The Morgan fingerprint density at radius 2 is 1.84 bits per heavy atom. The minimum Gasteiger partial charge on any atom is -0.488 e. The molecule has 0 bridgehead atoms. The quantitative estimate of drug-likeness (QED) is 0.921. The summed E-state index contributed by atoms with van der Waals surface area (Å²) in [5.41, 5.74) is 5.45. The van der Waals surface area contributed by atoms with Gasteiger partial charge in [-0.15, -0.1) is 0 Å². The van der Waals surface area contributed by atoms with Gasteiger partial charge in [0.05, 0.1) is 5.56 Å². The van der Waals surface area contributed by atoms with Gasteiger partial charge in [-0.2, -0.15) is 0 Å². The molecule has 0 saturated carbocycles. The minimum absolute atomic E-state index is 0.0688. The highest BCUT2D eigenvalue weighted by atomic mass is 19.2. The number of para-hydroxylation sites is 1. The van der Waals surface area contributed by atoms with Crippen molar-refractivity contribution in [1.82, 2.24) is 0 Å². The number of carbonyl (C=O) groups is 1. The molecule has 2 N–H and O–H groups in total. The van der Waals surface area contributed by atoms with Crippen LogP contribution in [0.3, 0.4) is 0 Å². The molecule has 19 heavy (non-hydrogen) atoms. The molecule has 0 aromatic heterocycles. The Kier molecular flexibility index (Phi) is 3.75. The van der Waals surface area contributed by atoms with Crippen LogP contribution in [0.1, 0.15) is 15.9 Å². The van der Waals surface area contributed by atoms with E-state index in [0.29, 0.717) is 0 Å². The second-order valence-corrected chi connectivity index (χ2v) is 3.86. The molecular formula is C14H11F2NO2. The van der Waals surface area contributed by atoms with E-state index >= 15 is 0 Å². The molecule has 0 unspecified atom stereocenters. The molecule has 2 rings (SSSR count). The summed E-state index contributed by atoms with van der Waals surface area (Å²) in [5.74, 6) is -2.31. The highest BCUT2D eigenvalue weighted by Gasteiger charge is 2.11. The summed E-state index contributed by atoms with van der Waals surface area (Å²) < 4.78 is 31.7.